The van der Waals surface area contributed by atoms with Gasteiger partial charge in [0, 0.05) is 12.5 Å². The zero-order valence-corrected chi connectivity index (χ0v) is 11.1. The molecule has 1 amide bonds. The van der Waals surface area contributed by atoms with E-state index in [2.05, 4.69) is 0 Å². The summed E-state index contributed by atoms with van der Waals surface area (Å²) < 4.78 is 5.10. The van der Waals surface area contributed by atoms with Gasteiger partial charge in [-0.25, -0.2) is 4.79 Å². The Morgan fingerprint density at radius 1 is 1.33 bits per heavy atom. The maximum Gasteiger partial charge on any atom is 0.412 e. The lowest BCUT2D eigenvalue weighted by molar-refractivity contribution is -0.305. The number of unbranched alkanes of at least 4 members (excludes halogenated alkanes) is 2. The molecule has 0 radical (unpaired) electrons. The molecule has 1 aliphatic heterocycles. The van der Waals surface area contributed by atoms with Crippen LogP contribution >= 0.6 is 0 Å². The number of amides is 1. The van der Waals surface area contributed by atoms with Crippen LogP contribution in [0.15, 0.2) is 0 Å². The molecule has 6 nitrogen and oxygen atoms in total. The highest BCUT2D eigenvalue weighted by atomic mass is 16.6. The van der Waals surface area contributed by atoms with Crippen LogP contribution in [0.25, 0.3) is 0 Å². The molecule has 1 rings (SSSR count). The molecule has 0 aromatic rings. The molecule has 1 unspecified atom stereocenters. The van der Waals surface area contributed by atoms with E-state index < -0.39 is 23.4 Å². The maximum absolute atomic E-state index is 11.6. The molecule has 0 aromatic carbocycles. The molecular weight excluding hydrogens is 238 g/mol. The number of aliphatic carboxylic acids is 1. The fraction of sp³-hybridized carbons (Fsp3) is 0.833. The van der Waals surface area contributed by atoms with E-state index in [0.29, 0.717) is 25.8 Å². The van der Waals surface area contributed by atoms with Crippen molar-refractivity contribution in [3.8, 4) is 0 Å². The second-order valence-corrected chi connectivity index (χ2v) is 5.23. The largest absolute Gasteiger partial charge is 0.550 e. The van der Waals surface area contributed by atoms with Crippen molar-refractivity contribution in [1.82, 2.24) is 4.90 Å². The van der Waals surface area contributed by atoms with Gasteiger partial charge in [-0.15, -0.1) is 0 Å². The first-order valence-corrected chi connectivity index (χ1v) is 6.11. The third-order valence-corrected chi connectivity index (χ3v) is 3.49. The van der Waals surface area contributed by atoms with E-state index in [-0.39, 0.29) is 6.42 Å². The summed E-state index contributed by atoms with van der Waals surface area (Å²) in [6.45, 7) is 5.20. The number of cyclic esters (lactones) is 1. The molecule has 1 aliphatic rings. The Hall–Kier alpha value is -1.30. The highest BCUT2D eigenvalue weighted by Gasteiger charge is 2.56. The summed E-state index contributed by atoms with van der Waals surface area (Å²) in [7, 11) is 0. The van der Waals surface area contributed by atoms with Gasteiger partial charge in [0.05, 0.1) is 0 Å². The summed E-state index contributed by atoms with van der Waals surface area (Å²) in [6, 6.07) is 0. The molecule has 1 atom stereocenters. The number of nitrogens with zero attached hydrogens (tertiary/aromatic N) is 1. The molecular formula is C12H20NO5-. The Kier molecular flexibility index (Phi) is 4.21. The highest BCUT2D eigenvalue weighted by Crippen LogP contribution is 2.36. The number of rotatable bonds is 6. The molecule has 0 saturated carbocycles. The summed E-state index contributed by atoms with van der Waals surface area (Å²) in [5.74, 6) is -1.07. The van der Waals surface area contributed by atoms with Gasteiger partial charge in [0.25, 0.3) is 0 Å². The van der Waals surface area contributed by atoms with Gasteiger partial charge in [0.2, 0.25) is 0 Å². The zero-order chi connectivity index (χ0) is 14.0. The van der Waals surface area contributed by atoms with Gasteiger partial charge in [-0.1, -0.05) is 6.42 Å². The van der Waals surface area contributed by atoms with Crippen molar-refractivity contribution in [2.45, 2.75) is 57.8 Å². The van der Waals surface area contributed by atoms with E-state index in [9.17, 15) is 19.8 Å². The van der Waals surface area contributed by atoms with E-state index in [4.69, 9.17) is 4.74 Å². The number of carbonyl (C=O) groups excluding carboxylic acids is 2. The molecule has 0 spiro atoms. The predicted octanol–water partition coefficient (Wildman–Crippen LogP) is 0.236. The molecule has 104 valence electrons. The minimum Gasteiger partial charge on any atom is -0.550 e. The van der Waals surface area contributed by atoms with Crippen LogP contribution in [0.5, 0.6) is 0 Å². The van der Waals surface area contributed by atoms with Crippen molar-refractivity contribution in [2.75, 3.05) is 6.54 Å². The molecule has 1 N–H and O–H groups in total. The molecule has 18 heavy (non-hydrogen) atoms. The molecule has 6 heteroatoms. The van der Waals surface area contributed by atoms with Gasteiger partial charge < -0.3 is 19.7 Å². The summed E-state index contributed by atoms with van der Waals surface area (Å²) in [5.41, 5.74) is -2.30. The number of aliphatic hydroxyl groups is 1. The monoisotopic (exact) mass is 258 g/mol. The first-order valence-electron chi connectivity index (χ1n) is 6.11. The maximum atomic E-state index is 11.6. The third kappa shape index (κ3) is 2.93. The lowest BCUT2D eigenvalue weighted by Crippen LogP contribution is -2.53. The minimum atomic E-state index is -1.35. The van der Waals surface area contributed by atoms with E-state index in [0.717, 1.165) is 0 Å². The van der Waals surface area contributed by atoms with Gasteiger partial charge in [-0.3, -0.25) is 4.90 Å². The van der Waals surface area contributed by atoms with Crippen LogP contribution in [-0.4, -0.2) is 39.9 Å². The topological polar surface area (TPSA) is 89.9 Å². The predicted molar refractivity (Wildman–Crippen MR) is 61.4 cm³/mol. The van der Waals surface area contributed by atoms with Crippen LogP contribution in [-0.2, 0) is 9.53 Å². The summed E-state index contributed by atoms with van der Waals surface area (Å²) in [5, 5.41) is 20.5. The lowest BCUT2D eigenvalue weighted by atomic mass is 9.96. The van der Waals surface area contributed by atoms with Gasteiger partial charge in [-0.2, -0.15) is 0 Å². The normalized spacial score (nSPS) is 26.2. The average molecular weight is 258 g/mol. The number of carboxylic acids is 1. The van der Waals surface area contributed by atoms with E-state index in [1.807, 2.05) is 0 Å². The van der Waals surface area contributed by atoms with Crippen LogP contribution in [0.1, 0.15) is 46.5 Å². The first-order chi connectivity index (χ1) is 8.18. The smallest absolute Gasteiger partial charge is 0.412 e. The van der Waals surface area contributed by atoms with Crippen molar-refractivity contribution < 1.29 is 24.5 Å². The van der Waals surface area contributed by atoms with Crippen molar-refractivity contribution >= 4 is 12.1 Å². The quantitative estimate of drug-likeness (QED) is 0.689. The SMILES string of the molecule is CC1(C)OC(=O)N(CCCCCC(=O)[O-])C1(C)O. The summed E-state index contributed by atoms with van der Waals surface area (Å²) in [6.07, 6.45) is 1.27. The Morgan fingerprint density at radius 2 is 1.94 bits per heavy atom. The van der Waals surface area contributed by atoms with Gasteiger partial charge in [0.15, 0.2) is 11.3 Å². The summed E-state index contributed by atoms with van der Waals surface area (Å²) >= 11 is 0. The number of carboxylic acid groups (broad SMARTS) is 1. The van der Waals surface area contributed by atoms with Gasteiger partial charge in [0.1, 0.15) is 0 Å². The molecule has 1 heterocycles. The van der Waals surface area contributed by atoms with Crippen LogP contribution < -0.4 is 5.11 Å². The molecule has 0 aromatic heterocycles. The Bertz CT molecular complexity index is 337. The van der Waals surface area contributed by atoms with Crippen molar-refractivity contribution in [1.29, 1.82) is 0 Å². The van der Waals surface area contributed by atoms with E-state index in [1.54, 1.807) is 20.8 Å². The fourth-order valence-electron chi connectivity index (χ4n) is 1.90. The molecule has 0 aliphatic carbocycles. The number of ether oxygens (including phenoxy) is 1. The zero-order valence-electron chi connectivity index (χ0n) is 11.1. The van der Waals surface area contributed by atoms with Crippen molar-refractivity contribution in [3.05, 3.63) is 0 Å². The highest BCUT2D eigenvalue weighted by molar-refractivity contribution is 5.72. The Labute approximate surface area is 107 Å². The van der Waals surface area contributed by atoms with Crippen LogP contribution in [0, 0.1) is 0 Å². The second kappa shape index (κ2) is 5.14. The first kappa shape index (κ1) is 14.8. The van der Waals surface area contributed by atoms with Crippen molar-refractivity contribution in [3.63, 3.8) is 0 Å². The second-order valence-electron chi connectivity index (χ2n) is 5.23. The van der Waals surface area contributed by atoms with Crippen LogP contribution in [0.4, 0.5) is 4.79 Å². The fourth-order valence-corrected chi connectivity index (χ4v) is 1.90. The number of carbonyl (C=O) groups is 2. The summed E-state index contributed by atoms with van der Waals surface area (Å²) in [4.78, 5) is 23.1. The Balaban J connectivity index is 2.42. The van der Waals surface area contributed by atoms with Gasteiger partial charge in [-0.05, 0) is 40.0 Å². The standard InChI is InChI=1S/C12H21NO5/c1-11(2)12(3,17)13(10(16)18-11)8-6-4-5-7-9(14)15/h17H,4-8H2,1-3H3,(H,14,15)/p-1. The van der Waals surface area contributed by atoms with E-state index in [1.165, 1.54) is 4.90 Å². The third-order valence-electron chi connectivity index (χ3n) is 3.49. The molecule has 0 bridgehead atoms. The van der Waals surface area contributed by atoms with Gasteiger partial charge >= 0.3 is 6.09 Å². The van der Waals surface area contributed by atoms with Crippen molar-refractivity contribution in [2.24, 2.45) is 0 Å². The lowest BCUT2D eigenvalue weighted by Gasteiger charge is -2.34. The average Bonchev–Trinajstić information content (AvgIpc) is 2.34. The minimum absolute atomic E-state index is 0.0202. The Morgan fingerprint density at radius 3 is 2.39 bits per heavy atom. The molecule has 1 saturated heterocycles. The van der Waals surface area contributed by atoms with Crippen LogP contribution in [0.3, 0.4) is 0 Å². The van der Waals surface area contributed by atoms with Crippen LogP contribution in [0.2, 0.25) is 0 Å². The number of hydrogen-bond donors (Lipinski definition) is 1. The number of hydrogen-bond acceptors (Lipinski definition) is 5. The van der Waals surface area contributed by atoms with E-state index >= 15 is 0 Å². The molecule has 1 fully saturated rings.